The molecule has 9 heteroatoms. The lowest BCUT2D eigenvalue weighted by atomic mass is 10.2. The summed E-state index contributed by atoms with van der Waals surface area (Å²) < 4.78 is 8.88. The van der Waals surface area contributed by atoms with Crippen molar-refractivity contribution in [2.75, 3.05) is 25.4 Å². The van der Waals surface area contributed by atoms with E-state index in [1.165, 1.54) is 63.2 Å². The van der Waals surface area contributed by atoms with Crippen molar-refractivity contribution in [2.45, 2.75) is 77.8 Å². The van der Waals surface area contributed by atoms with Crippen molar-refractivity contribution in [2.24, 2.45) is 0 Å². The Kier molecular flexibility index (Phi) is 16.1. The predicted molar refractivity (Wildman–Crippen MR) is 114 cm³/mol. The number of rotatable bonds is 13. The van der Waals surface area contributed by atoms with Crippen LogP contribution in [0.4, 0.5) is 0 Å². The molecule has 154 valence electrons. The Labute approximate surface area is 157 Å². The van der Waals surface area contributed by atoms with E-state index in [1.807, 2.05) is 0 Å². The third-order valence-corrected chi connectivity index (χ3v) is 10.8. The Morgan fingerprint density at radius 3 is 1.24 bits per heavy atom. The van der Waals surface area contributed by atoms with Crippen LogP contribution in [0, 0.1) is 0 Å². The second kappa shape index (κ2) is 14.5. The third kappa shape index (κ3) is 26.8. The van der Waals surface area contributed by atoms with Gasteiger partial charge >= 0.3 is 7.82 Å². The van der Waals surface area contributed by atoms with E-state index in [2.05, 4.69) is 50.7 Å². The fourth-order valence-corrected chi connectivity index (χ4v) is 4.16. The van der Waals surface area contributed by atoms with Gasteiger partial charge < -0.3 is 25.3 Å². The third-order valence-electron chi connectivity index (χ3n) is 4.58. The first kappa shape index (κ1) is 27.7. The van der Waals surface area contributed by atoms with E-state index in [9.17, 15) is 0 Å². The molecule has 0 radical (unpaired) electrons. The molecule has 25 heavy (non-hydrogen) atoms. The Bertz CT molecular complexity index is 334. The molecule has 0 bridgehead atoms. The van der Waals surface area contributed by atoms with Gasteiger partial charge in [0.1, 0.15) is 0 Å². The fraction of sp³-hybridized carbons (Fsp3) is 1.00. The molecule has 0 amide bonds. The van der Waals surface area contributed by atoms with Gasteiger partial charge in [0.25, 0.3) is 0 Å². The molecule has 0 aliphatic heterocycles. The summed E-state index contributed by atoms with van der Waals surface area (Å²) in [5.74, 6) is 0. The van der Waals surface area contributed by atoms with E-state index in [4.69, 9.17) is 19.2 Å². The van der Waals surface area contributed by atoms with Gasteiger partial charge in [0, 0.05) is 0 Å². The van der Waals surface area contributed by atoms with Crippen LogP contribution in [0.5, 0.6) is 0 Å². The van der Waals surface area contributed by atoms with Crippen LogP contribution < -0.4 is 10.6 Å². The minimum Gasteiger partial charge on any atom is -0.319 e. The Hall–Kier alpha value is 0.464. The first-order valence-electron chi connectivity index (χ1n) is 9.53. The highest BCUT2D eigenvalue weighted by molar-refractivity contribution is 7.45. The quantitative estimate of drug-likeness (QED) is 0.180. The van der Waals surface area contributed by atoms with Crippen LogP contribution >= 0.6 is 7.82 Å². The SMILES string of the molecule is CC[Si](C)(C)CNCCCCCCNC[Si](C)(C)CC.O=P(O)(O)O. The van der Waals surface area contributed by atoms with Crippen LogP contribution in [0.15, 0.2) is 0 Å². The van der Waals surface area contributed by atoms with E-state index in [1.54, 1.807) is 0 Å². The van der Waals surface area contributed by atoms with Gasteiger partial charge in [-0.3, -0.25) is 0 Å². The molecule has 0 unspecified atom stereocenters. The number of nitrogens with one attached hydrogen (secondary N) is 2. The maximum Gasteiger partial charge on any atom is 0.466 e. The van der Waals surface area contributed by atoms with E-state index in [0.717, 1.165) is 0 Å². The highest BCUT2D eigenvalue weighted by atomic mass is 31.2. The summed E-state index contributed by atoms with van der Waals surface area (Å²) in [7, 11) is -6.44. The van der Waals surface area contributed by atoms with Gasteiger partial charge in [0.05, 0.1) is 16.1 Å². The Balaban J connectivity index is 0. The van der Waals surface area contributed by atoms with E-state index >= 15 is 0 Å². The molecule has 0 aliphatic rings. The smallest absolute Gasteiger partial charge is 0.319 e. The molecular formula is C16H43N2O4PSi2. The van der Waals surface area contributed by atoms with Crippen molar-refractivity contribution >= 4 is 24.0 Å². The lowest BCUT2D eigenvalue weighted by Crippen LogP contribution is -2.39. The molecule has 0 saturated carbocycles. The van der Waals surface area contributed by atoms with Crippen molar-refractivity contribution in [3.05, 3.63) is 0 Å². The second-order valence-electron chi connectivity index (χ2n) is 8.32. The van der Waals surface area contributed by atoms with Crippen LogP contribution in [-0.4, -0.2) is 56.3 Å². The van der Waals surface area contributed by atoms with Gasteiger partial charge in [-0.25, -0.2) is 4.57 Å². The van der Waals surface area contributed by atoms with Crippen molar-refractivity contribution < 1.29 is 19.2 Å². The molecule has 6 nitrogen and oxygen atoms in total. The largest absolute Gasteiger partial charge is 0.466 e. The highest BCUT2D eigenvalue weighted by Crippen LogP contribution is 2.25. The summed E-state index contributed by atoms with van der Waals surface area (Å²) in [6, 6.07) is 2.78. The summed E-state index contributed by atoms with van der Waals surface area (Å²) in [4.78, 5) is 21.6. The number of hydrogen-bond donors (Lipinski definition) is 5. The fourth-order valence-electron chi connectivity index (χ4n) is 1.96. The monoisotopic (exact) mass is 414 g/mol. The molecule has 0 saturated heterocycles. The lowest BCUT2D eigenvalue weighted by molar-refractivity contribution is 0.275. The molecule has 0 aromatic carbocycles. The molecule has 0 aromatic rings. The summed E-state index contributed by atoms with van der Waals surface area (Å²) in [5.41, 5.74) is 0. The normalized spacial score (nSPS) is 12.7. The molecule has 5 N–H and O–H groups in total. The van der Waals surface area contributed by atoms with Crippen LogP contribution in [0.1, 0.15) is 39.5 Å². The number of hydrogen-bond acceptors (Lipinski definition) is 3. The first-order valence-corrected chi connectivity index (χ1v) is 17.9. The lowest BCUT2D eigenvalue weighted by Gasteiger charge is -2.21. The summed E-state index contributed by atoms with van der Waals surface area (Å²) in [5, 5.41) is 7.32. The molecular weight excluding hydrogens is 371 g/mol. The minimum absolute atomic E-state index is 0.902. The van der Waals surface area contributed by atoms with E-state index < -0.39 is 24.0 Å². The molecule has 0 aliphatic carbocycles. The zero-order valence-electron chi connectivity index (χ0n) is 17.3. The van der Waals surface area contributed by atoms with Crippen molar-refractivity contribution in [1.82, 2.24) is 10.6 Å². The molecule has 0 spiro atoms. The van der Waals surface area contributed by atoms with Crippen molar-refractivity contribution in [1.29, 1.82) is 0 Å². The standard InChI is InChI=1S/C16H40N2Si2.H3O4P/c1-7-19(3,4)15-17-13-11-9-10-12-14-18-16-20(5,6)8-2;1-5(2,3)4/h17-18H,7-16H2,1-6H3;(H3,1,2,3,4). The molecule has 0 aromatic heterocycles. The molecule has 0 fully saturated rings. The first-order chi connectivity index (χ1) is 11.3. The average Bonchev–Trinajstić information content (AvgIpc) is 2.47. The number of phosphoric acid groups is 1. The summed E-state index contributed by atoms with van der Waals surface area (Å²) in [6.45, 7) is 17.0. The topological polar surface area (TPSA) is 102 Å². The zero-order valence-corrected chi connectivity index (χ0v) is 20.2. The van der Waals surface area contributed by atoms with Gasteiger partial charge in [-0.2, -0.15) is 0 Å². The molecule has 0 atom stereocenters. The number of unbranched alkanes of at least 4 members (excludes halogenated alkanes) is 3. The highest BCUT2D eigenvalue weighted by Gasteiger charge is 2.17. The van der Waals surface area contributed by atoms with Gasteiger partial charge in [-0.1, -0.05) is 65.0 Å². The minimum atomic E-state index is -4.64. The van der Waals surface area contributed by atoms with Crippen LogP contribution in [0.2, 0.25) is 38.3 Å². The Morgan fingerprint density at radius 2 is 1.00 bits per heavy atom. The van der Waals surface area contributed by atoms with Gasteiger partial charge in [0.2, 0.25) is 0 Å². The van der Waals surface area contributed by atoms with Crippen LogP contribution in [0.3, 0.4) is 0 Å². The van der Waals surface area contributed by atoms with Crippen LogP contribution in [-0.2, 0) is 4.57 Å². The van der Waals surface area contributed by atoms with E-state index in [-0.39, 0.29) is 0 Å². The maximum atomic E-state index is 8.88. The van der Waals surface area contributed by atoms with Gasteiger partial charge in [-0.05, 0) is 38.3 Å². The van der Waals surface area contributed by atoms with Gasteiger partial charge in [0.15, 0.2) is 0 Å². The average molecular weight is 415 g/mol. The van der Waals surface area contributed by atoms with E-state index in [0.29, 0.717) is 0 Å². The van der Waals surface area contributed by atoms with Crippen molar-refractivity contribution in [3.8, 4) is 0 Å². The molecule has 0 rings (SSSR count). The van der Waals surface area contributed by atoms with Gasteiger partial charge in [-0.15, -0.1) is 0 Å². The maximum absolute atomic E-state index is 8.88. The predicted octanol–water partition coefficient (Wildman–Crippen LogP) is 3.33. The summed E-state index contributed by atoms with van der Waals surface area (Å²) in [6.07, 6.45) is 8.06. The van der Waals surface area contributed by atoms with Crippen LogP contribution in [0.25, 0.3) is 0 Å². The second-order valence-corrected chi connectivity index (χ2v) is 20.1. The summed E-state index contributed by atoms with van der Waals surface area (Å²) >= 11 is 0. The van der Waals surface area contributed by atoms with Crippen molar-refractivity contribution in [3.63, 3.8) is 0 Å². The zero-order chi connectivity index (χ0) is 20.0. The molecule has 0 heterocycles. The Morgan fingerprint density at radius 1 is 0.720 bits per heavy atom.